The van der Waals surface area contributed by atoms with Gasteiger partial charge in [0.1, 0.15) is 0 Å². The Morgan fingerprint density at radius 1 is 1.15 bits per heavy atom. The van der Waals surface area contributed by atoms with Crippen LogP contribution in [0.15, 0.2) is 61.1 Å². The largest absolute Gasteiger partial charge is 0.404 e. The molecule has 1 heterocycles. The van der Waals surface area contributed by atoms with Crippen LogP contribution in [0.5, 0.6) is 0 Å². The van der Waals surface area contributed by atoms with Gasteiger partial charge in [-0.3, -0.25) is 9.78 Å². The first-order valence-electron chi connectivity index (χ1n) is 8.01. The van der Waals surface area contributed by atoms with E-state index in [0.717, 1.165) is 18.0 Å². The third-order valence-electron chi connectivity index (χ3n) is 3.66. The molecule has 0 aliphatic carbocycles. The van der Waals surface area contributed by atoms with Crippen molar-refractivity contribution in [3.63, 3.8) is 0 Å². The first kappa shape index (κ1) is 19.3. The Hall–Kier alpha value is -4.00. The van der Waals surface area contributed by atoms with Crippen molar-refractivity contribution in [3.05, 3.63) is 77.8 Å². The molecule has 1 aromatic heterocycles. The molecule has 7 nitrogen and oxygen atoms in total. The number of carbonyl (C=O) groups is 1. The maximum atomic E-state index is 12.2. The van der Waals surface area contributed by atoms with E-state index in [-0.39, 0.29) is 5.91 Å². The molecule has 0 saturated heterocycles. The minimum absolute atomic E-state index is 0.311. The third kappa shape index (κ3) is 5.23. The number of nitrogens with one attached hydrogen (secondary N) is 3. The molecular weight excluding hydrogens is 340 g/mol. The van der Waals surface area contributed by atoms with Crippen molar-refractivity contribution in [2.75, 3.05) is 5.32 Å². The molecule has 7 heteroatoms. The second kappa shape index (κ2) is 9.47. The van der Waals surface area contributed by atoms with Gasteiger partial charge in [-0.25, -0.2) is 0 Å². The molecule has 1 aromatic carbocycles. The van der Waals surface area contributed by atoms with Gasteiger partial charge in [0.15, 0.2) is 0 Å². The summed E-state index contributed by atoms with van der Waals surface area (Å²) in [5.74, 6) is -0.311. The minimum atomic E-state index is -0.311. The first-order chi connectivity index (χ1) is 13.1. The van der Waals surface area contributed by atoms with Gasteiger partial charge in [0.05, 0.1) is 0 Å². The fraction of sp³-hybridized carbons (Fsp3) is 0. The van der Waals surface area contributed by atoms with Gasteiger partial charge in [0.25, 0.3) is 0 Å². The number of hydrogen-bond donors (Lipinski definition) is 5. The number of rotatable bonds is 7. The zero-order valence-electron chi connectivity index (χ0n) is 14.5. The van der Waals surface area contributed by atoms with Crippen molar-refractivity contribution in [1.82, 2.24) is 4.98 Å². The van der Waals surface area contributed by atoms with E-state index in [1.54, 1.807) is 48.8 Å². The molecule has 0 spiro atoms. The second-order valence-corrected chi connectivity index (χ2v) is 5.42. The fourth-order valence-corrected chi connectivity index (χ4v) is 2.30. The highest BCUT2D eigenvalue weighted by Crippen LogP contribution is 2.18. The summed E-state index contributed by atoms with van der Waals surface area (Å²) >= 11 is 0. The lowest BCUT2D eigenvalue weighted by Crippen LogP contribution is -2.08. The molecule has 2 rings (SSSR count). The number of allylic oxidation sites excluding steroid dienone is 2. The first-order valence-corrected chi connectivity index (χ1v) is 8.01. The van der Waals surface area contributed by atoms with Gasteiger partial charge >= 0.3 is 0 Å². The van der Waals surface area contributed by atoms with E-state index in [1.807, 2.05) is 0 Å². The average molecular weight is 360 g/mol. The Bertz CT molecular complexity index is 926. The molecule has 0 atom stereocenters. The molecule has 7 N–H and O–H groups in total. The van der Waals surface area contributed by atoms with Crippen LogP contribution in [0.3, 0.4) is 0 Å². The molecule has 2 aromatic rings. The normalized spacial score (nSPS) is 12.0. The Balaban J connectivity index is 2.11. The number of anilines is 1. The van der Waals surface area contributed by atoms with E-state index in [9.17, 15) is 4.79 Å². The number of carbonyl (C=O) groups excluding carboxylic acids is 1. The van der Waals surface area contributed by atoms with Crippen molar-refractivity contribution in [1.29, 1.82) is 10.8 Å². The summed E-state index contributed by atoms with van der Waals surface area (Å²) in [7, 11) is 0. The van der Waals surface area contributed by atoms with Gasteiger partial charge in [-0.05, 0) is 41.5 Å². The number of pyridine rings is 1. The van der Waals surface area contributed by atoms with Crippen molar-refractivity contribution < 1.29 is 4.79 Å². The van der Waals surface area contributed by atoms with E-state index >= 15 is 0 Å². The van der Waals surface area contributed by atoms with Crippen LogP contribution in [-0.4, -0.2) is 23.3 Å². The number of aromatic nitrogens is 1. The lowest BCUT2D eigenvalue weighted by molar-refractivity contribution is -0.111. The summed E-state index contributed by atoms with van der Waals surface area (Å²) in [5.41, 5.74) is 15.1. The lowest BCUT2D eigenvalue weighted by Gasteiger charge is -2.06. The summed E-state index contributed by atoms with van der Waals surface area (Å²) in [6.45, 7) is 0. The van der Waals surface area contributed by atoms with Crippen LogP contribution in [-0.2, 0) is 4.79 Å². The molecule has 0 radical (unpaired) electrons. The summed E-state index contributed by atoms with van der Waals surface area (Å²) in [4.78, 5) is 16.2. The maximum absolute atomic E-state index is 12.2. The minimum Gasteiger partial charge on any atom is -0.404 e. The smallest absolute Gasteiger partial charge is 0.248 e. The molecule has 0 saturated carbocycles. The number of nitrogens with zero attached hydrogens (tertiary/aromatic N) is 1. The summed E-state index contributed by atoms with van der Waals surface area (Å²) in [5, 5.41) is 17.2. The molecule has 0 aliphatic rings. The van der Waals surface area contributed by atoms with Gasteiger partial charge in [0, 0.05) is 59.6 Å². The second-order valence-electron chi connectivity index (χ2n) is 5.42. The highest BCUT2D eigenvalue weighted by atomic mass is 16.1. The average Bonchev–Trinajstić information content (AvgIpc) is 2.69. The van der Waals surface area contributed by atoms with Crippen LogP contribution in [0.2, 0.25) is 0 Å². The van der Waals surface area contributed by atoms with Gasteiger partial charge in [-0.2, -0.15) is 0 Å². The number of amides is 1. The fourth-order valence-electron chi connectivity index (χ4n) is 2.30. The summed E-state index contributed by atoms with van der Waals surface area (Å²) in [6, 6.07) is 8.70. The molecular formula is C20H20N6O. The standard InChI is InChI=1S/C20H20N6O/c21-9-7-19(24)14-1-4-17(5-2-14)26-20(27)6-3-15-13-25-10-8-18(15)16(11-22)12-23/h1-13,21-22H,23-24H2,(H,26,27)/b6-3+,16-12?,19-7?,21-9?,22-11?. The summed E-state index contributed by atoms with van der Waals surface area (Å²) < 4.78 is 0. The van der Waals surface area contributed by atoms with Gasteiger partial charge in [0.2, 0.25) is 5.91 Å². The SMILES string of the molecule is N=CC=C(N)c1ccc(NC(=O)/C=C/c2cnccc2C(C=N)=CN)cc1. The molecule has 0 fully saturated rings. The van der Waals surface area contributed by atoms with Gasteiger partial charge in [-0.1, -0.05) is 12.1 Å². The molecule has 27 heavy (non-hydrogen) atoms. The van der Waals surface area contributed by atoms with Crippen molar-refractivity contribution in [2.24, 2.45) is 11.5 Å². The van der Waals surface area contributed by atoms with Crippen LogP contribution >= 0.6 is 0 Å². The van der Waals surface area contributed by atoms with Crippen LogP contribution in [0, 0.1) is 10.8 Å². The van der Waals surface area contributed by atoms with Gasteiger partial charge < -0.3 is 27.6 Å². The zero-order valence-corrected chi connectivity index (χ0v) is 14.5. The molecule has 0 bridgehead atoms. The van der Waals surface area contributed by atoms with Crippen molar-refractivity contribution >= 4 is 41.4 Å². The van der Waals surface area contributed by atoms with Crippen LogP contribution in [0.4, 0.5) is 5.69 Å². The zero-order chi connectivity index (χ0) is 19.6. The Kier molecular flexibility index (Phi) is 6.78. The number of nitrogens with two attached hydrogens (primary N) is 2. The van der Waals surface area contributed by atoms with Gasteiger partial charge in [-0.15, -0.1) is 0 Å². The molecule has 0 aliphatic heterocycles. The van der Waals surface area contributed by atoms with Crippen LogP contribution in [0.25, 0.3) is 17.3 Å². The van der Waals surface area contributed by atoms with Crippen LogP contribution < -0.4 is 16.8 Å². The monoisotopic (exact) mass is 360 g/mol. The molecule has 1 amide bonds. The van der Waals surface area contributed by atoms with E-state index in [0.29, 0.717) is 28.1 Å². The Morgan fingerprint density at radius 3 is 2.52 bits per heavy atom. The lowest BCUT2D eigenvalue weighted by atomic mass is 10.0. The molecule has 136 valence electrons. The number of benzene rings is 1. The molecule has 0 unspecified atom stereocenters. The van der Waals surface area contributed by atoms with E-state index in [2.05, 4.69) is 10.3 Å². The predicted molar refractivity (Wildman–Crippen MR) is 110 cm³/mol. The van der Waals surface area contributed by atoms with Crippen molar-refractivity contribution in [3.8, 4) is 0 Å². The number of hydrogen-bond acceptors (Lipinski definition) is 6. The van der Waals surface area contributed by atoms with Crippen LogP contribution in [0.1, 0.15) is 16.7 Å². The Labute approximate surface area is 157 Å². The van der Waals surface area contributed by atoms with Crippen molar-refractivity contribution in [2.45, 2.75) is 0 Å². The quantitative estimate of drug-likeness (QED) is 0.382. The third-order valence-corrected chi connectivity index (χ3v) is 3.66. The maximum Gasteiger partial charge on any atom is 0.248 e. The Morgan fingerprint density at radius 2 is 1.89 bits per heavy atom. The summed E-state index contributed by atoms with van der Waals surface area (Å²) in [6.07, 6.45) is 11.3. The predicted octanol–water partition coefficient (Wildman–Crippen LogP) is 2.63. The van der Waals surface area contributed by atoms with E-state index in [1.165, 1.54) is 18.4 Å². The van der Waals surface area contributed by atoms with E-state index < -0.39 is 0 Å². The van der Waals surface area contributed by atoms with E-state index in [4.69, 9.17) is 22.3 Å². The highest BCUT2D eigenvalue weighted by Gasteiger charge is 2.05. The topological polar surface area (TPSA) is 142 Å². The highest BCUT2D eigenvalue weighted by molar-refractivity contribution is 6.10.